The second-order valence-electron chi connectivity index (χ2n) is 7.33. The van der Waals surface area contributed by atoms with Crippen LogP contribution in [-0.4, -0.2) is 27.9 Å². The van der Waals surface area contributed by atoms with Gasteiger partial charge in [0.2, 0.25) is 5.91 Å². The Morgan fingerprint density at radius 1 is 0.897 bits per heavy atom. The van der Waals surface area contributed by atoms with E-state index < -0.39 is 17.2 Å². The molecule has 0 spiro atoms. The lowest BCUT2D eigenvalue weighted by molar-refractivity contribution is -0.118. The molecule has 0 saturated carbocycles. The summed E-state index contributed by atoms with van der Waals surface area (Å²) in [4.78, 5) is 47.6. The number of fused-ring (bicyclic) bond motifs is 2. The average Bonchev–Trinajstić information content (AvgIpc) is 3.18. The van der Waals surface area contributed by atoms with Crippen molar-refractivity contribution < 1.29 is 4.79 Å². The number of H-pyrrole nitrogens is 3. The highest BCUT2D eigenvalue weighted by Crippen LogP contribution is 2.45. The van der Waals surface area contributed by atoms with Gasteiger partial charge in [0, 0.05) is 18.3 Å². The summed E-state index contributed by atoms with van der Waals surface area (Å²) < 4.78 is 0. The van der Waals surface area contributed by atoms with Gasteiger partial charge in [-0.05, 0) is 24.1 Å². The number of hydrogen-bond donors (Lipinski definition) is 3. The fourth-order valence-electron chi connectivity index (χ4n) is 4.15. The van der Waals surface area contributed by atoms with Crippen molar-refractivity contribution in [2.45, 2.75) is 12.8 Å². The highest BCUT2D eigenvalue weighted by Gasteiger charge is 2.39. The Balaban J connectivity index is 1.89. The Morgan fingerprint density at radius 3 is 2.38 bits per heavy atom. The highest BCUT2D eigenvalue weighted by molar-refractivity contribution is 6.10. The maximum absolute atomic E-state index is 13.2. The summed E-state index contributed by atoms with van der Waals surface area (Å²) in [6, 6.07) is 15.4. The third-order valence-corrected chi connectivity index (χ3v) is 5.55. The van der Waals surface area contributed by atoms with Crippen LogP contribution in [0.2, 0.25) is 0 Å². The van der Waals surface area contributed by atoms with E-state index in [2.05, 4.69) is 15.0 Å². The number of amides is 1. The van der Waals surface area contributed by atoms with Gasteiger partial charge in [0.1, 0.15) is 5.65 Å². The van der Waals surface area contributed by atoms with Gasteiger partial charge in [-0.25, -0.2) is 4.79 Å². The molecule has 0 saturated heterocycles. The van der Waals surface area contributed by atoms with Crippen LogP contribution in [0.15, 0.2) is 58.1 Å². The van der Waals surface area contributed by atoms with E-state index in [1.165, 1.54) is 0 Å². The van der Waals surface area contributed by atoms with Gasteiger partial charge < -0.3 is 9.88 Å². The molecular weight excluding hydrogens is 368 g/mol. The zero-order valence-electron chi connectivity index (χ0n) is 15.9. The normalized spacial score (nSPS) is 15.9. The van der Waals surface area contributed by atoms with Crippen LogP contribution in [0.3, 0.4) is 0 Å². The van der Waals surface area contributed by atoms with E-state index in [4.69, 9.17) is 0 Å². The van der Waals surface area contributed by atoms with E-state index >= 15 is 0 Å². The van der Waals surface area contributed by atoms with Gasteiger partial charge in [0.15, 0.2) is 0 Å². The monoisotopic (exact) mass is 386 g/mol. The topological polar surface area (TPSA) is 102 Å². The number of carbonyl (C=O) groups is 1. The summed E-state index contributed by atoms with van der Waals surface area (Å²) in [5.41, 5.74) is 3.99. The predicted molar refractivity (Wildman–Crippen MR) is 111 cm³/mol. The van der Waals surface area contributed by atoms with Crippen molar-refractivity contribution in [3.63, 3.8) is 0 Å². The fourth-order valence-corrected chi connectivity index (χ4v) is 4.15. The fraction of sp³-hybridized carbons (Fsp3) is 0.136. The number of aromatic nitrogens is 3. The zero-order valence-corrected chi connectivity index (χ0v) is 15.9. The minimum Gasteiger partial charge on any atom is -0.340 e. The molecule has 4 aromatic rings. The molecule has 0 aliphatic carbocycles. The molecule has 0 bridgehead atoms. The van der Waals surface area contributed by atoms with Gasteiger partial charge in [-0.15, -0.1) is 0 Å². The van der Waals surface area contributed by atoms with Crippen molar-refractivity contribution in [2.24, 2.45) is 0 Å². The standard InChI is InChI=1S/C22H18N4O3/c1-11-7-9-12(10-8-11)18-16(17-19(23-18)24-22(29)25-20(17)27)15-13-5-3-4-6-14(13)26(2)21(15)28/h3-10,15H,1-2H3,(H3,23,24,25,27,29)/t15-/m1/s1. The molecule has 3 heterocycles. The van der Waals surface area contributed by atoms with Crippen molar-refractivity contribution in [3.05, 3.63) is 86.1 Å². The predicted octanol–water partition coefficient (Wildman–Crippen LogP) is 2.63. The molecule has 1 atom stereocenters. The quantitative estimate of drug-likeness (QED) is 0.493. The number of nitrogens with one attached hydrogen (secondary N) is 3. The number of anilines is 1. The van der Waals surface area contributed by atoms with E-state index in [1.54, 1.807) is 11.9 Å². The molecule has 7 nitrogen and oxygen atoms in total. The van der Waals surface area contributed by atoms with E-state index in [0.717, 1.165) is 22.4 Å². The molecule has 0 fully saturated rings. The molecule has 7 heteroatoms. The van der Waals surface area contributed by atoms with Crippen LogP contribution >= 0.6 is 0 Å². The van der Waals surface area contributed by atoms with Gasteiger partial charge in [-0.2, -0.15) is 0 Å². The third kappa shape index (κ3) is 2.47. The van der Waals surface area contributed by atoms with E-state index in [9.17, 15) is 14.4 Å². The molecule has 1 amide bonds. The molecule has 1 aliphatic rings. The lowest BCUT2D eigenvalue weighted by atomic mass is 9.89. The Bertz CT molecular complexity index is 1390. The molecule has 144 valence electrons. The van der Waals surface area contributed by atoms with Crippen molar-refractivity contribution in [1.29, 1.82) is 0 Å². The summed E-state index contributed by atoms with van der Waals surface area (Å²) in [5.74, 6) is -0.765. The number of likely N-dealkylation sites (N-methyl/N-ethyl adjacent to an activating group) is 1. The van der Waals surface area contributed by atoms with Crippen LogP contribution in [0.1, 0.15) is 22.6 Å². The molecular formula is C22H18N4O3. The average molecular weight is 386 g/mol. The van der Waals surface area contributed by atoms with Crippen LogP contribution in [0, 0.1) is 6.92 Å². The molecule has 3 N–H and O–H groups in total. The maximum Gasteiger partial charge on any atom is 0.327 e. The number of rotatable bonds is 2. The third-order valence-electron chi connectivity index (χ3n) is 5.55. The molecule has 0 radical (unpaired) electrons. The number of nitrogens with zero attached hydrogens (tertiary/aromatic N) is 1. The van der Waals surface area contributed by atoms with E-state index in [0.29, 0.717) is 22.3 Å². The Kier molecular flexibility index (Phi) is 3.61. The summed E-state index contributed by atoms with van der Waals surface area (Å²) in [7, 11) is 1.73. The van der Waals surface area contributed by atoms with Gasteiger partial charge in [-0.3, -0.25) is 19.6 Å². The van der Waals surface area contributed by atoms with Gasteiger partial charge in [-0.1, -0.05) is 48.0 Å². The van der Waals surface area contributed by atoms with Crippen LogP contribution in [0.4, 0.5) is 5.69 Å². The van der Waals surface area contributed by atoms with Crippen LogP contribution < -0.4 is 16.1 Å². The summed E-state index contributed by atoms with van der Waals surface area (Å²) in [6.45, 7) is 1.99. The van der Waals surface area contributed by atoms with Crippen molar-refractivity contribution in [1.82, 2.24) is 15.0 Å². The second-order valence-corrected chi connectivity index (χ2v) is 7.33. The number of aryl methyl sites for hydroxylation is 1. The van der Waals surface area contributed by atoms with Gasteiger partial charge in [0.25, 0.3) is 5.56 Å². The van der Waals surface area contributed by atoms with Gasteiger partial charge >= 0.3 is 5.69 Å². The number of hydrogen-bond acceptors (Lipinski definition) is 3. The molecule has 1 aliphatic heterocycles. The van der Waals surface area contributed by atoms with Crippen molar-refractivity contribution in [2.75, 3.05) is 11.9 Å². The SMILES string of the molecule is Cc1ccc(-c2[nH]c3[nH]c(=O)[nH]c(=O)c3c2[C@@H]2C(=O)N(C)c3ccccc32)cc1. The smallest absolute Gasteiger partial charge is 0.327 e. The molecule has 5 rings (SSSR count). The van der Waals surface area contributed by atoms with Crippen LogP contribution in [-0.2, 0) is 4.79 Å². The first-order valence-electron chi connectivity index (χ1n) is 9.27. The largest absolute Gasteiger partial charge is 0.340 e. The number of aromatic amines is 3. The first kappa shape index (κ1) is 17.2. The molecule has 2 aromatic heterocycles. The van der Waals surface area contributed by atoms with Crippen molar-refractivity contribution in [3.8, 4) is 11.3 Å². The highest BCUT2D eigenvalue weighted by atomic mass is 16.2. The number of benzene rings is 2. The summed E-state index contributed by atoms with van der Waals surface area (Å²) in [6.07, 6.45) is 0. The lowest BCUT2D eigenvalue weighted by Crippen LogP contribution is -2.26. The Morgan fingerprint density at radius 2 is 1.62 bits per heavy atom. The maximum atomic E-state index is 13.2. The first-order chi connectivity index (χ1) is 14.0. The lowest BCUT2D eigenvalue weighted by Gasteiger charge is -2.13. The molecule has 2 aromatic carbocycles. The van der Waals surface area contributed by atoms with Gasteiger partial charge in [0.05, 0.1) is 17.0 Å². The minimum atomic E-state index is -0.645. The Hall–Kier alpha value is -3.87. The zero-order chi connectivity index (χ0) is 20.3. The Labute approximate surface area is 165 Å². The summed E-state index contributed by atoms with van der Waals surface area (Å²) >= 11 is 0. The van der Waals surface area contributed by atoms with Crippen molar-refractivity contribution >= 4 is 22.6 Å². The van der Waals surface area contributed by atoms with Crippen LogP contribution in [0.25, 0.3) is 22.3 Å². The van der Waals surface area contributed by atoms with E-state index in [1.807, 2.05) is 55.5 Å². The van der Waals surface area contributed by atoms with E-state index in [-0.39, 0.29) is 5.91 Å². The number of para-hydroxylation sites is 1. The molecule has 0 unspecified atom stereocenters. The summed E-state index contributed by atoms with van der Waals surface area (Å²) in [5, 5.41) is 0.295. The minimum absolute atomic E-state index is 0.119. The first-order valence-corrected chi connectivity index (χ1v) is 9.27. The second kappa shape index (κ2) is 6.07. The molecule has 29 heavy (non-hydrogen) atoms. The van der Waals surface area contributed by atoms with Crippen LogP contribution in [0.5, 0.6) is 0 Å². The number of carbonyl (C=O) groups excluding carboxylic acids is 1.